The quantitative estimate of drug-likeness (QED) is 0.381. The lowest BCUT2D eigenvalue weighted by molar-refractivity contribution is -0.142. The maximum absolute atomic E-state index is 12.2. The zero-order chi connectivity index (χ0) is 21.2. The van der Waals surface area contributed by atoms with Crippen LogP contribution in [-0.4, -0.2) is 25.3 Å². The Hall–Kier alpha value is -4.26. The first-order valence-corrected chi connectivity index (χ1v) is 9.61. The molecule has 0 fully saturated rings. The normalized spacial score (nSPS) is 12.5. The second-order valence-corrected chi connectivity index (χ2v) is 6.91. The van der Waals surface area contributed by atoms with Crippen LogP contribution in [0, 0.1) is 0 Å². The molecule has 1 N–H and O–H groups in total. The van der Waals surface area contributed by atoms with Crippen molar-refractivity contribution in [2.24, 2.45) is 0 Å². The molecule has 0 spiro atoms. The molecule has 2 heterocycles. The van der Waals surface area contributed by atoms with E-state index in [1.807, 2.05) is 30.3 Å². The van der Waals surface area contributed by atoms with E-state index in [-0.39, 0.29) is 6.79 Å². The van der Waals surface area contributed by atoms with E-state index < -0.39 is 18.5 Å². The average Bonchev–Trinajstić information content (AvgIpc) is 3.40. The van der Waals surface area contributed by atoms with Crippen LogP contribution in [0.1, 0.15) is 5.56 Å². The number of benzene rings is 3. The molecule has 31 heavy (non-hydrogen) atoms. The van der Waals surface area contributed by atoms with Gasteiger partial charge in [0.05, 0.1) is 0 Å². The lowest BCUT2D eigenvalue weighted by atomic mass is 10.1. The zero-order valence-corrected chi connectivity index (χ0v) is 16.3. The summed E-state index contributed by atoms with van der Waals surface area (Å²) in [5.41, 5.74) is 2.87. The fourth-order valence-corrected chi connectivity index (χ4v) is 3.37. The standard InChI is InChI=1S/C24H17NO6/c26-23(13-28-24(27)10-6-15-5-8-21-22(11-15)30-14-29-21)25-16-7-9-20-18(12-16)17-3-1-2-4-19(17)31-20/h1-12H,13-14H2,(H,25,26)/b10-6+. The molecule has 7 nitrogen and oxygen atoms in total. The van der Waals surface area contributed by atoms with E-state index in [1.54, 1.807) is 36.4 Å². The van der Waals surface area contributed by atoms with Crippen LogP contribution in [0.2, 0.25) is 0 Å². The highest BCUT2D eigenvalue weighted by Crippen LogP contribution is 2.33. The van der Waals surface area contributed by atoms with Crippen LogP contribution in [0.3, 0.4) is 0 Å². The van der Waals surface area contributed by atoms with Gasteiger partial charge >= 0.3 is 5.97 Å². The molecule has 7 heteroatoms. The van der Waals surface area contributed by atoms with Gasteiger partial charge in [-0.2, -0.15) is 0 Å². The molecule has 1 aliphatic rings. The third-order valence-corrected chi connectivity index (χ3v) is 4.81. The highest BCUT2D eigenvalue weighted by molar-refractivity contribution is 6.07. The van der Waals surface area contributed by atoms with Crippen molar-refractivity contribution in [1.82, 2.24) is 0 Å². The highest BCUT2D eigenvalue weighted by Gasteiger charge is 2.13. The van der Waals surface area contributed by atoms with Gasteiger partial charge in [-0.05, 0) is 48.0 Å². The van der Waals surface area contributed by atoms with E-state index in [0.29, 0.717) is 17.2 Å². The summed E-state index contributed by atoms with van der Waals surface area (Å²) in [6, 6.07) is 18.4. The van der Waals surface area contributed by atoms with Gasteiger partial charge in [-0.1, -0.05) is 24.3 Å². The molecule has 4 aromatic rings. The molecule has 154 valence electrons. The van der Waals surface area contributed by atoms with Crippen molar-refractivity contribution in [3.8, 4) is 11.5 Å². The molecule has 0 bridgehead atoms. The molecule has 0 saturated carbocycles. The Balaban J connectivity index is 1.19. The van der Waals surface area contributed by atoms with Crippen LogP contribution < -0.4 is 14.8 Å². The van der Waals surface area contributed by atoms with Gasteiger partial charge in [-0.3, -0.25) is 4.79 Å². The Kier molecular flexibility index (Phi) is 4.76. The number of amides is 1. The molecule has 1 aliphatic heterocycles. The van der Waals surface area contributed by atoms with Gasteiger partial charge in [0.15, 0.2) is 18.1 Å². The Morgan fingerprint density at radius 1 is 0.935 bits per heavy atom. The first-order chi connectivity index (χ1) is 15.2. The molecule has 0 unspecified atom stereocenters. The maximum Gasteiger partial charge on any atom is 0.331 e. The summed E-state index contributed by atoms with van der Waals surface area (Å²) in [7, 11) is 0. The van der Waals surface area contributed by atoms with E-state index in [9.17, 15) is 9.59 Å². The molecule has 0 saturated heterocycles. The van der Waals surface area contributed by atoms with Gasteiger partial charge in [0, 0.05) is 22.5 Å². The van der Waals surface area contributed by atoms with Crippen molar-refractivity contribution in [1.29, 1.82) is 0 Å². The van der Waals surface area contributed by atoms with Gasteiger partial charge in [0.1, 0.15) is 11.2 Å². The van der Waals surface area contributed by atoms with Crippen LogP contribution in [0.4, 0.5) is 5.69 Å². The van der Waals surface area contributed by atoms with Crippen molar-refractivity contribution in [2.45, 2.75) is 0 Å². The van der Waals surface area contributed by atoms with Crippen LogP contribution in [0.25, 0.3) is 28.0 Å². The summed E-state index contributed by atoms with van der Waals surface area (Å²) in [5, 5.41) is 4.60. The first-order valence-electron chi connectivity index (χ1n) is 9.61. The summed E-state index contributed by atoms with van der Waals surface area (Å²) in [5.74, 6) is 0.233. The number of carbonyl (C=O) groups excluding carboxylic acids is 2. The monoisotopic (exact) mass is 415 g/mol. The molecule has 1 amide bonds. The number of anilines is 1. The minimum Gasteiger partial charge on any atom is -0.456 e. The van der Waals surface area contributed by atoms with Crippen LogP contribution >= 0.6 is 0 Å². The smallest absolute Gasteiger partial charge is 0.331 e. The summed E-state index contributed by atoms with van der Waals surface area (Å²) in [6.45, 7) is -0.210. The lowest BCUT2D eigenvalue weighted by Crippen LogP contribution is -2.20. The Labute approximate surface area is 176 Å². The molecule has 0 atom stereocenters. The molecule has 5 rings (SSSR count). The molecule has 1 aromatic heterocycles. The van der Waals surface area contributed by atoms with E-state index in [1.165, 1.54) is 6.08 Å². The third-order valence-electron chi connectivity index (χ3n) is 4.81. The molecule has 0 radical (unpaired) electrons. The van der Waals surface area contributed by atoms with Crippen molar-refractivity contribution in [3.63, 3.8) is 0 Å². The largest absolute Gasteiger partial charge is 0.456 e. The van der Waals surface area contributed by atoms with Crippen LogP contribution in [-0.2, 0) is 14.3 Å². The van der Waals surface area contributed by atoms with Gasteiger partial charge in [0.2, 0.25) is 6.79 Å². The Bertz CT molecular complexity index is 1340. The number of carbonyl (C=O) groups is 2. The summed E-state index contributed by atoms with van der Waals surface area (Å²) in [6.07, 6.45) is 2.84. The van der Waals surface area contributed by atoms with Crippen molar-refractivity contribution >= 4 is 45.6 Å². The van der Waals surface area contributed by atoms with E-state index >= 15 is 0 Å². The summed E-state index contributed by atoms with van der Waals surface area (Å²) >= 11 is 0. The molecule has 0 aliphatic carbocycles. The number of esters is 1. The number of furan rings is 1. The summed E-state index contributed by atoms with van der Waals surface area (Å²) < 4.78 is 21.3. The fourth-order valence-electron chi connectivity index (χ4n) is 3.37. The van der Waals surface area contributed by atoms with Crippen molar-refractivity contribution < 1.29 is 28.2 Å². The van der Waals surface area contributed by atoms with E-state index in [2.05, 4.69) is 5.32 Å². The molecular formula is C24H17NO6. The van der Waals surface area contributed by atoms with Gasteiger partial charge in [-0.15, -0.1) is 0 Å². The SMILES string of the molecule is O=C(COC(=O)/C=C/c1ccc2c(c1)OCO2)Nc1ccc2oc3ccccc3c2c1. The van der Waals surface area contributed by atoms with Crippen molar-refractivity contribution in [2.75, 3.05) is 18.7 Å². The molecule has 3 aromatic carbocycles. The predicted molar refractivity (Wildman–Crippen MR) is 115 cm³/mol. The fraction of sp³-hybridized carbons (Fsp3) is 0.0833. The van der Waals surface area contributed by atoms with Gasteiger partial charge in [-0.25, -0.2) is 4.79 Å². The number of fused-ring (bicyclic) bond motifs is 4. The Morgan fingerprint density at radius 3 is 2.71 bits per heavy atom. The van der Waals surface area contributed by atoms with Crippen LogP contribution in [0.15, 0.2) is 71.2 Å². The van der Waals surface area contributed by atoms with Gasteiger partial charge in [0.25, 0.3) is 5.91 Å². The number of ether oxygens (including phenoxy) is 3. The number of nitrogens with one attached hydrogen (secondary N) is 1. The van der Waals surface area contributed by atoms with E-state index in [0.717, 1.165) is 27.5 Å². The topological polar surface area (TPSA) is 87.0 Å². The average molecular weight is 415 g/mol. The number of hydrogen-bond acceptors (Lipinski definition) is 6. The Morgan fingerprint density at radius 2 is 1.77 bits per heavy atom. The number of rotatable bonds is 5. The highest BCUT2D eigenvalue weighted by atomic mass is 16.7. The third kappa shape index (κ3) is 3.93. The number of para-hydroxylation sites is 1. The maximum atomic E-state index is 12.2. The minimum atomic E-state index is -0.621. The first kappa shape index (κ1) is 18.7. The van der Waals surface area contributed by atoms with Gasteiger partial charge < -0.3 is 23.9 Å². The zero-order valence-electron chi connectivity index (χ0n) is 16.3. The lowest BCUT2D eigenvalue weighted by Gasteiger charge is -2.05. The second-order valence-electron chi connectivity index (χ2n) is 6.91. The molecular weight excluding hydrogens is 398 g/mol. The number of hydrogen-bond donors (Lipinski definition) is 1. The second kappa shape index (κ2) is 7.87. The van der Waals surface area contributed by atoms with Crippen molar-refractivity contribution in [3.05, 3.63) is 72.3 Å². The predicted octanol–water partition coefficient (Wildman–Crippen LogP) is 4.51. The minimum absolute atomic E-state index is 0.184. The van der Waals surface area contributed by atoms with E-state index in [4.69, 9.17) is 18.6 Å². The van der Waals surface area contributed by atoms with Crippen LogP contribution in [0.5, 0.6) is 11.5 Å². The summed E-state index contributed by atoms with van der Waals surface area (Å²) in [4.78, 5) is 24.1.